The summed E-state index contributed by atoms with van der Waals surface area (Å²) in [5.41, 5.74) is 0.200. The summed E-state index contributed by atoms with van der Waals surface area (Å²) >= 11 is 4.74. The molecule has 0 amide bonds. The summed E-state index contributed by atoms with van der Waals surface area (Å²) in [6.07, 6.45) is 0. The molecule has 1 aliphatic heterocycles. The topological polar surface area (TPSA) is 55.8 Å². The van der Waals surface area contributed by atoms with Gasteiger partial charge in [-0.15, -0.1) is 0 Å². The fourth-order valence-electron chi connectivity index (χ4n) is 0.867. The van der Waals surface area contributed by atoms with Crippen molar-refractivity contribution in [1.29, 1.82) is 0 Å². The second-order valence-corrected chi connectivity index (χ2v) is 7.70. The van der Waals surface area contributed by atoms with Crippen LogP contribution in [0, 0.1) is 3.57 Å². The van der Waals surface area contributed by atoms with Gasteiger partial charge in [-0.25, -0.2) is 0 Å². The Balaban J connectivity index is 2.36. The van der Waals surface area contributed by atoms with E-state index in [0.717, 1.165) is 12.3 Å². The van der Waals surface area contributed by atoms with E-state index in [0.29, 0.717) is 8.59 Å². The predicted octanol–water partition coefficient (Wildman–Crippen LogP) is 3.15. The monoisotopic (exact) mass is 346 g/mol. The number of carboxylic acids is 1. The van der Waals surface area contributed by atoms with Crippen molar-refractivity contribution in [3.8, 4) is 0 Å². The van der Waals surface area contributed by atoms with Crippen molar-refractivity contribution in [1.82, 2.24) is 0 Å². The average molecular weight is 347 g/mol. The van der Waals surface area contributed by atoms with Gasteiger partial charge in [0.2, 0.25) is 0 Å². The molecule has 0 unspecified atom stereocenters. The standard InChI is InChI=1S/C7H4ClIO4S/c8-5-2-1-4(7(10)11)3-6(5)9-12-14-13-9/h1-3H,(H,10,11). The number of carbonyl (C=O) groups is 1. The van der Waals surface area contributed by atoms with Crippen LogP contribution in [0.3, 0.4) is 0 Å². The number of carboxylic acid groups (broad SMARTS) is 1. The van der Waals surface area contributed by atoms with Crippen molar-refractivity contribution in [3.05, 3.63) is 32.4 Å². The molecule has 1 aromatic carbocycles. The third kappa shape index (κ3) is 1.98. The van der Waals surface area contributed by atoms with Crippen LogP contribution in [0.5, 0.6) is 0 Å². The summed E-state index contributed by atoms with van der Waals surface area (Å²) in [4.78, 5) is 10.7. The molecule has 0 radical (unpaired) electrons. The van der Waals surface area contributed by atoms with Gasteiger partial charge in [0, 0.05) is 0 Å². The number of hydrogen-bond acceptors (Lipinski definition) is 4. The van der Waals surface area contributed by atoms with Gasteiger partial charge in [-0.1, -0.05) is 0 Å². The molecule has 4 nitrogen and oxygen atoms in total. The summed E-state index contributed by atoms with van der Waals surface area (Å²) in [6.45, 7) is 0. The minimum atomic E-state index is -2.07. The maximum absolute atomic E-state index is 10.7. The first-order valence-corrected chi connectivity index (χ1v) is 7.32. The molecule has 0 atom stereocenters. The van der Waals surface area contributed by atoms with E-state index < -0.39 is 26.6 Å². The molecule has 1 aromatic rings. The van der Waals surface area contributed by atoms with Gasteiger partial charge in [0.15, 0.2) is 0 Å². The Hall–Kier alpha value is -0.0200. The quantitative estimate of drug-likeness (QED) is 0.658. The van der Waals surface area contributed by atoms with Gasteiger partial charge >= 0.3 is 97.8 Å². The Labute approximate surface area is 97.4 Å². The average Bonchev–Trinajstić information content (AvgIpc) is 2.05. The van der Waals surface area contributed by atoms with Crippen molar-refractivity contribution in [2.45, 2.75) is 0 Å². The molecule has 1 aliphatic rings. The molecule has 1 fully saturated rings. The van der Waals surface area contributed by atoms with Crippen LogP contribution in [-0.4, -0.2) is 11.1 Å². The number of rotatable bonds is 2. The summed E-state index contributed by atoms with van der Waals surface area (Å²) in [7, 11) is 0. The van der Waals surface area contributed by atoms with E-state index in [1.807, 2.05) is 0 Å². The third-order valence-corrected chi connectivity index (χ3v) is 7.16. The molecule has 0 aliphatic carbocycles. The van der Waals surface area contributed by atoms with Gasteiger partial charge in [-0.3, -0.25) is 0 Å². The third-order valence-electron chi connectivity index (χ3n) is 1.50. The first kappa shape index (κ1) is 10.5. The van der Waals surface area contributed by atoms with Crippen molar-refractivity contribution >= 4 is 50.5 Å². The zero-order valence-corrected chi connectivity index (χ0v) is 10.3. The fraction of sp³-hybridized carbons (Fsp3) is 0. The Morgan fingerprint density at radius 1 is 1.50 bits per heavy atom. The van der Waals surface area contributed by atoms with E-state index in [4.69, 9.17) is 21.7 Å². The number of benzene rings is 1. The van der Waals surface area contributed by atoms with Crippen LogP contribution in [0.2, 0.25) is 5.02 Å². The molecular weight excluding hydrogens is 342 g/mol. The van der Waals surface area contributed by atoms with E-state index >= 15 is 0 Å². The molecule has 0 bridgehead atoms. The van der Waals surface area contributed by atoms with E-state index in [1.165, 1.54) is 12.1 Å². The Kier molecular flexibility index (Phi) is 3.17. The van der Waals surface area contributed by atoms with Gasteiger partial charge in [-0.05, 0) is 0 Å². The van der Waals surface area contributed by atoms with Crippen LogP contribution in [0.1, 0.15) is 10.4 Å². The van der Waals surface area contributed by atoms with E-state index in [1.54, 1.807) is 6.07 Å². The molecule has 7 heteroatoms. The van der Waals surface area contributed by atoms with Crippen LogP contribution in [0.15, 0.2) is 18.2 Å². The normalized spacial score (nSPS) is 17.6. The number of hydrogen-bond donors (Lipinski definition) is 1. The minimum absolute atomic E-state index is 0.200. The van der Waals surface area contributed by atoms with E-state index in [9.17, 15) is 4.79 Å². The first-order chi connectivity index (χ1) is 6.68. The zero-order chi connectivity index (χ0) is 10.1. The van der Waals surface area contributed by atoms with Crippen LogP contribution in [0.4, 0.5) is 0 Å². The molecule has 0 saturated carbocycles. The molecule has 1 saturated heterocycles. The fourth-order valence-corrected chi connectivity index (χ4v) is 4.85. The van der Waals surface area contributed by atoms with Gasteiger partial charge in [0.1, 0.15) is 0 Å². The maximum atomic E-state index is 10.7. The SMILES string of the molecule is O=C(O)c1ccc(Cl)c(I2OSO2)c1. The van der Waals surface area contributed by atoms with Crippen LogP contribution < -0.4 is 0 Å². The van der Waals surface area contributed by atoms with Crippen LogP contribution >= 0.6 is 44.6 Å². The number of halogens is 2. The molecule has 1 N–H and O–H groups in total. The van der Waals surface area contributed by atoms with Gasteiger partial charge in [0.25, 0.3) is 0 Å². The molecule has 76 valence electrons. The molecule has 2 rings (SSSR count). The Morgan fingerprint density at radius 3 is 2.71 bits per heavy atom. The molecule has 14 heavy (non-hydrogen) atoms. The second kappa shape index (κ2) is 4.23. The molecule has 1 heterocycles. The summed E-state index contributed by atoms with van der Waals surface area (Å²) in [5.74, 6) is -0.980. The van der Waals surface area contributed by atoms with Crippen molar-refractivity contribution in [3.63, 3.8) is 0 Å². The van der Waals surface area contributed by atoms with Crippen LogP contribution in [0.25, 0.3) is 0 Å². The molecule has 0 spiro atoms. The molecular formula is C7H4ClIO4S. The summed E-state index contributed by atoms with van der Waals surface area (Å²) < 4.78 is 10.9. The van der Waals surface area contributed by atoms with Gasteiger partial charge in [-0.2, -0.15) is 0 Å². The van der Waals surface area contributed by atoms with Crippen molar-refractivity contribution in [2.75, 3.05) is 0 Å². The first-order valence-electron chi connectivity index (χ1n) is 3.44. The summed E-state index contributed by atoms with van der Waals surface area (Å²) in [5, 5.41) is 9.26. The van der Waals surface area contributed by atoms with Crippen molar-refractivity contribution in [2.24, 2.45) is 0 Å². The van der Waals surface area contributed by atoms with Crippen molar-refractivity contribution < 1.29 is 14.9 Å². The summed E-state index contributed by atoms with van der Waals surface area (Å²) in [6, 6.07) is 4.51. The van der Waals surface area contributed by atoms with Gasteiger partial charge in [0.05, 0.1) is 0 Å². The van der Waals surface area contributed by atoms with Crippen LogP contribution in [-0.2, 0) is 5.03 Å². The van der Waals surface area contributed by atoms with E-state index in [-0.39, 0.29) is 5.56 Å². The zero-order valence-electron chi connectivity index (χ0n) is 6.57. The van der Waals surface area contributed by atoms with E-state index in [2.05, 4.69) is 0 Å². The molecule has 0 aromatic heterocycles. The second-order valence-electron chi connectivity index (χ2n) is 2.35. The number of aromatic carboxylic acids is 1. The Morgan fingerprint density at radius 2 is 2.21 bits per heavy atom. The van der Waals surface area contributed by atoms with Gasteiger partial charge < -0.3 is 0 Å². The Bertz CT molecular complexity index is 382. The predicted molar refractivity (Wildman–Crippen MR) is 60.9 cm³/mol.